The maximum atomic E-state index is 12.5. The van der Waals surface area contributed by atoms with Gasteiger partial charge in [-0.2, -0.15) is 5.10 Å². The largest absolute Gasteiger partial charge is 0.496 e. The normalized spacial score (nSPS) is 10.7. The molecule has 0 unspecified atom stereocenters. The molecule has 0 aliphatic heterocycles. The highest BCUT2D eigenvalue weighted by atomic mass is 79.9. The van der Waals surface area contributed by atoms with Crippen LogP contribution >= 0.6 is 15.9 Å². The van der Waals surface area contributed by atoms with Crippen molar-refractivity contribution in [2.24, 2.45) is 0 Å². The summed E-state index contributed by atoms with van der Waals surface area (Å²) in [6.45, 7) is 5.92. The third-order valence-corrected chi connectivity index (χ3v) is 4.01. The van der Waals surface area contributed by atoms with Crippen LogP contribution < -0.4 is 4.74 Å². The molecule has 106 valence electrons. The van der Waals surface area contributed by atoms with Crippen molar-refractivity contribution in [1.29, 1.82) is 0 Å². The van der Waals surface area contributed by atoms with Crippen LogP contribution in [0, 0.1) is 13.8 Å². The van der Waals surface area contributed by atoms with E-state index in [0.29, 0.717) is 11.3 Å². The molecule has 0 N–H and O–H groups in total. The molecule has 2 rings (SSSR count). The Hall–Kier alpha value is -1.62. The quantitative estimate of drug-likeness (QED) is 0.861. The number of hydrogen-bond acceptors (Lipinski definition) is 3. The zero-order chi connectivity index (χ0) is 14.9. The summed E-state index contributed by atoms with van der Waals surface area (Å²) in [5.41, 5.74) is 3.52. The number of carbonyl (C=O) groups excluding carboxylic acids is 1. The zero-order valence-corrected chi connectivity index (χ0v) is 13.6. The molecule has 1 aromatic carbocycles. The lowest BCUT2D eigenvalue weighted by molar-refractivity contribution is 0.0942. The predicted octanol–water partition coefficient (Wildman–Crippen LogP) is 3.52. The molecule has 5 heteroatoms. The molecule has 0 aliphatic rings. The van der Waals surface area contributed by atoms with Crippen LogP contribution in [0.3, 0.4) is 0 Å². The summed E-state index contributed by atoms with van der Waals surface area (Å²) in [4.78, 5) is 12.5. The zero-order valence-electron chi connectivity index (χ0n) is 12.0. The van der Waals surface area contributed by atoms with Crippen molar-refractivity contribution in [2.45, 2.75) is 27.2 Å². The molecule has 0 spiro atoms. The van der Waals surface area contributed by atoms with Crippen molar-refractivity contribution >= 4 is 21.8 Å². The summed E-state index contributed by atoms with van der Waals surface area (Å²) in [5.74, 6) is 0.567. The van der Waals surface area contributed by atoms with Crippen LogP contribution in [0.2, 0.25) is 0 Å². The van der Waals surface area contributed by atoms with Crippen LogP contribution in [0.25, 0.3) is 0 Å². The highest BCUT2D eigenvalue weighted by Crippen LogP contribution is 2.26. The molecule has 1 aromatic heterocycles. The second-order valence-corrected chi connectivity index (χ2v) is 5.42. The number of aromatic nitrogens is 2. The summed E-state index contributed by atoms with van der Waals surface area (Å²) in [5, 5.41) is 4.35. The Morgan fingerprint density at radius 1 is 1.40 bits per heavy atom. The minimum Gasteiger partial charge on any atom is -0.496 e. The number of halogens is 1. The van der Waals surface area contributed by atoms with Crippen molar-refractivity contribution in [1.82, 2.24) is 9.78 Å². The van der Waals surface area contributed by atoms with E-state index in [4.69, 9.17) is 4.74 Å². The lowest BCUT2D eigenvalue weighted by Crippen LogP contribution is -2.15. The van der Waals surface area contributed by atoms with Crippen molar-refractivity contribution in [3.05, 3.63) is 45.2 Å². The number of carbonyl (C=O) groups is 1. The van der Waals surface area contributed by atoms with Crippen LogP contribution in [0.15, 0.2) is 22.7 Å². The summed E-state index contributed by atoms with van der Waals surface area (Å²) in [6.07, 6.45) is 0.872. The van der Waals surface area contributed by atoms with Gasteiger partial charge in [0.15, 0.2) is 0 Å². The lowest BCUT2D eigenvalue weighted by atomic mass is 10.1. The topological polar surface area (TPSA) is 44.1 Å². The number of methoxy groups -OCH3 is 1. The first-order chi connectivity index (χ1) is 9.49. The third-order valence-electron chi connectivity index (χ3n) is 3.39. The molecule has 0 bridgehead atoms. The standard InChI is InChI=1S/C15H17BrN2O2/c1-5-12-9(2)17-18(10(12)3)15(19)11-6-7-14(20-4)13(16)8-11/h6-8H,5H2,1-4H3. The second kappa shape index (κ2) is 5.79. The summed E-state index contributed by atoms with van der Waals surface area (Å²) >= 11 is 3.39. The van der Waals surface area contributed by atoms with E-state index in [9.17, 15) is 4.79 Å². The predicted molar refractivity (Wildman–Crippen MR) is 81.5 cm³/mol. The molecular formula is C15H17BrN2O2. The molecular weight excluding hydrogens is 320 g/mol. The molecule has 0 aliphatic carbocycles. The Kier molecular flexibility index (Phi) is 4.28. The highest BCUT2D eigenvalue weighted by molar-refractivity contribution is 9.10. The fourth-order valence-corrected chi connectivity index (χ4v) is 2.85. The number of rotatable bonds is 3. The smallest absolute Gasteiger partial charge is 0.278 e. The van der Waals surface area contributed by atoms with E-state index in [0.717, 1.165) is 27.8 Å². The van der Waals surface area contributed by atoms with Gasteiger partial charge >= 0.3 is 0 Å². The van der Waals surface area contributed by atoms with Gasteiger partial charge in [-0.15, -0.1) is 0 Å². The molecule has 0 saturated heterocycles. The van der Waals surface area contributed by atoms with E-state index in [1.165, 1.54) is 4.68 Å². The summed E-state index contributed by atoms with van der Waals surface area (Å²) < 4.78 is 7.40. The Balaban J connectivity index is 2.44. The van der Waals surface area contributed by atoms with Gasteiger partial charge in [0, 0.05) is 11.3 Å². The van der Waals surface area contributed by atoms with Crippen LogP contribution in [0.4, 0.5) is 0 Å². The first-order valence-electron chi connectivity index (χ1n) is 6.42. The summed E-state index contributed by atoms with van der Waals surface area (Å²) in [7, 11) is 1.59. The van der Waals surface area contributed by atoms with Gasteiger partial charge in [-0.1, -0.05) is 6.92 Å². The fraction of sp³-hybridized carbons (Fsp3) is 0.333. The first kappa shape index (κ1) is 14.8. The van der Waals surface area contributed by atoms with E-state index in [1.807, 2.05) is 13.8 Å². The van der Waals surface area contributed by atoms with Gasteiger partial charge in [0.25, 0.3) is 5.91 Å². The van der Waals surface area contributed by atoms with Gasteiger partial charge in [-0.05, 0) is 60.0 Å². The number of hydrogen-bond donors (Lipinski definition) is 0. The van der Waals surface area contributed by atoms with Gasteiger partial charge in [0.05, 0.1) is 17.3 Å². The third kappa shape index (κ3) is 2.50. The molecule has 0 atom stereocenters. The Labute approximate surface area is 126 Å². The molecule has 0 amide bonds. The number of aryl methyl sites for hydroxylation is 1. The van der Waals surface area contributed by atoms with Crippen LogP contribution in [-0.4, -0.2) is 22.8 Å². The number of nitrogens with zero attached hydrogens (tertiary/aromatic N) is 2. The number of benzene rings is 1. The SMILES string of the molecule is CCc1c(C)nn(C(=O)c2ccc(OC)c(Br)c2)c1C. The van der Waals surface area contributed by atoms with Gasteiger partial charge in [0.1, 0.15) is 5.75 Å². The highest BCUT2D eigenvalue weighted by Gasteiger charge is 2.17. The van der Waals surface area contributed by atoms with Crippen molar-refractivity contribution in [3.63, 3.8) is 0 Å². The lowest BCUT2D eigenvalue weighted by Gasteiger charge is -2.07. The maximum Gasteiger partial charge on any atom is 0.278 e. The molecule has 20 heavy (non-hydrogen) atoms. The van der Waals surface area contributed by atoms with Gasteiger partial charge in [0.2, 0.25) is 0 Å². The van der Waals surface area contributed by atoms with E-state index < -0.39 is 0 Å². The Morgan fingerprint density at radius 3 is 2.60 bits per heavy atom. The van der Waals surface area contributed by atoms with Crippen LogP contribution in [-0.2, 0) is 6.42 Å². The minimum atomic E-state index is -0.131. The van der Waals surface area contributed by atoms with Crippen molar-refractivity contribution in [2.75, 3.05) is 7.11 Å². The monoisotopic (exact) mass is 336 g/mol. The van der Waals surface area contributed by atoms with Crippen molar-refractivity contribution in [3.8, 4) is 5.75 Å². The average molecular weight is 337 g/mol. The van der Waals surface area contributed by atoms with Crippen LogP contribution in [0.1, 0.15) is 34.2 Å². The van der Waals surface area contributed by atoms with Crippen LogP contribution in [0.5, 0.6) is 5.75 Å². The van der Waals surface area contributed by atoms with Gasteiger partial charge < -0.3 is 4.74 Å². The molecule has 4 nitrogen and oxygen atoms in total. The Morgan fingerprint density at radius 2 is 2.10 bits per heavy atom. The van der Waals surface area contributed by atoms with E-state index in [2.05, 4.69) is 28.0 Å². The average Bonchev–Trinajstić information content (AvgIpc) is 2.72. The van der Waals surface area contributed by atoms with Gasteiger partial charge in [-0.25, -0.2) is 4.68 Å². The fourth-order valence-electron chi connectivity index (χ4n) is 2.31. The maximum absolute atomic E-state index is 12.5. The van der Waals surface area contributed by atoms with Gasteiger partial charge in [-0.3, -0.25) is 4.79 Å². The van der Waals surface area contributed by atoms with E-state index in [1.54, 1.807) is 25.3 Å². The molecule has 0 saturated carbocycles. The minimum absolute atomic E-state index is 0.131. The van der Waals surface area contributed by atoms with E-state index >= 15 is 0 Å². The second-order valence-electron chi connectivity index (χ2n) is 4.57. The van der Waals surface area contributed by atoms with Crippen molar-refractivity contribution < 1.29 is 9.53 Å². The first-order valence-corrected chi connectivity index (χ1v) is 7.22. The summed E-state index contributed by atoms with van der Waals surface area (Å²) in [6, 6.07) is 5.26. The number of ether oxygens (including phenoxy) is 1. The van der Waals surface area contributed by atoms with E-state index in [-0.39, 0.29) is 5.91 Å². The molecule has 2 aromatic rings. The molecule has 0 radical (unpaired) electrons. The molecule has 1 heterocycles. The Bertz CT molecular complexity index is 662. The molecule has 0 fully saturated rings.